The molecule has 3 aliphatic rings. The van der Waals surface area contributed by atoms with Gasteiger partial charge in [-0.25, -0.2) is 9.97 Å². The van der Waals surface area contributed by atoms with Gasteiger partial charge in [-0.3, -0.25) is 9.48 Å². The predicted molar refractivity (Wildman–Crippen MR) is 128 cm³/mol. The molecular formula is C26H25N5O3. The van der Waals surface area contributed by atoms with E-state index in [-0.39, 0.29) is 17.9 Å². The molecule has 34 heavy (non-hydrogen) atoms. The number of nitrogens with one attached hydrogen (secondary N) is 1. The molecule has 7 rings (SSSR count). The van der Waals surface area contributed by atoms with Crippen molar-refractivity contribution < 1.29 is 14.6 Å². The van der Waals surface area contributed by atoms with Gasteiger partial charge in [0.25, 0.3) is 0 Å². The van der Waals surface area contributed by atoms with Gasteiger partial charge in [-0.05, 0) is 31.2 Å². The number of aliphatic hydroxyl groups is 1. The molecule has 2 heterocycles. The van der Waals surface area contributed by atoms with E-state index in [4.69, 9.17) is 9.84 Å². The van der Waals surface area contributed by atoms with Crippen molar-refractivity contribution in [2.75, 3.05) is 19.0 Å². The van der Waals surface area contributed by atoms with Gasteiger partial charge in [-0.2, -0.15) is 5.10 Å². The summed E-state index contributed by atoms with van der Waals surface area (Å²) >= 11 is 0. The van der Waals surface area contributed by atoms with E-state index in [0.29, 0.717) is 29.2 Å². The predicted octanol–water partition coefficient (Wildman–Crippen LogP) is 3.90. The normalized spacial score (nSPS) is 20.5. The van der Waals surface area contributed by atoms with E-state index in [1.54, 1.807) is 11.8 Å². The number of aliphatic hydroxyl groups excluding tert-OH is 1. The van der Waals surface area contributed by atoms with Crippen LogP contribution in [0.25, 0.3) is 33.4 Å². The van der Waals surface area contributed by atoms with Crippen LogP contribution in [-0.2, 0) is 11.3 Å². The first-order chi connectivity index (χ1) is 16.6. The number of benzene rings is 2. The number of hydrogen-bond acceptors (Lipinski definition) is 6. The van der Waals surface area contributed by atoms with Gasteiger partial charge in [0.1, 0.15) is 17.8 Å². The van der Waals surface area contributed by atoms with E-state index < -0.39 is 0 Å². The fraction of sp³-hybridized carbons (Fsp3) is 0.308. The lowest BCUT2D eigenvalue weighted by Crippen LogP contribution is -2.58. The number of fused-ring (bicyclic) bond motifs is 1. The number of carbonyl (C=O) groups is 1. The van der Waals surface area contributed by atoms with Gasteiger partial charge >= 0.3 is 0 Å². The van der Waals surface area contributed by atoms with Crippen LogP contribution < -0.4 is 10.1 Å². The van der Waals surface area contributed by atoms with Crippen molar-refractivity contribution >= 4 is 22.5 Å². The van der Waals surface area contributed by atoms with Crippen molar-refractivity contribution in [2.45, 2.75) is 25.8 Å². The molecule has 0 spiro atoms. The lowest BCUT2D eigenvalue weighted by Gasteiger charge is -2.60. The maximum atomic E-state index is 13.0. The van der Waals surface area contributed by atoms with Crippen LogP contribution in [0.4, 0.5) is 5.69 Å². The lowest BCUT2D eigenvalue weighted by molar-refractivity contribution is -0.158. The van der Waals surface area contributed by atoms with E-state index >= 15 is 0 Å². The maximum absolute atomic E-state index is 13.0. The average Bonchev–Trinajstić information content (AvgIpc) is 3.20. The van der Waals surface area contributed by atoms with E-state index in [0.717, 1.165) is 47.4 Å². The lowest BCUT2D eigenvalue weighted by atomic mass is 9.44. The molecule has 2 N–H and O–H groups in total. The molecule has 2 bridgehead atoms. The molecule has 2 aromatic heterocycles. The second kappa shape index (κ2) is 7.92. The van der Waals surface area contributed by atoms with E-state index in [1.165, 1.54) is 6.33 Å². The number of hydrogen-bond donors (Lipinski definition) is 2. The Bertz CT molecular complexity index is 1380. The number of amides is 1. The minimum Gasteiger partial charge on any atom is -0.494 e. The second-order valence-electron chi connectivity index (χ2n) is 9.25. The van der Waals surface area contributed by atoms with Crippen LogP contribution in [0.3, 0.4) is 0 Å². The molecule has 1 amide bonds. The van der Waals surface area contributed by atoms with E-state index in [2.05, 4.69) is 15.3 Å². The summed E-state index contributed by atoms with van der Waals surface area (Å²) in [5.41, 5.74) is 4.37. The largest absolute Gasteiger partial charge is 0.494 e. The molecule has 0 saturated heterocycles. The standard InChI is InChI=1S/C26H25N5O3/c1-34-22-10-20-18(9-21(22)29-25(33)26-11-16(12-26)13-26)24(28-15-27-20)19-14-31(7-8-32)30-23(19)17-5-3-2-4-6-17/h2-6,9-10,14-16,32H,7-8,11-13H2,1H3,(H,29,33). The van der Waals surface area contributed by atoms with Gasteiger partial charge < -0.3 is 15.2 Å². The molecular weight excluding hydrogens is 430 g/mol. The van der Waals surface area contributed by atoms with Crippen LogP contribution in [-0.4, -0.2) is 44.5 Å². The minimum atomic E-state index is -0.202. The zero-order chi connectivity index (χ0) is 23.3. The van der Waals surface area contributed by atoms with Crippen molar-refractivity contribution in [3.63, 3.8) is 0 Å². The van der Waals surface area contributed by atoms with E-state index in [9.17, 15) is 9.90 Å². The summed E-state index contributed by atoms with van der Waals surface area (Å²) in [7, 11) is 1.59. The van der Waals surface area contributed by atoms with Crippen molar-refractivity contribution in [3.05, 3.63) is 55.0 Å². The minimum absolute atomic E-state index is 0.0180. The Morgan fingerprint density at radius 3 is 2.65 bits per heavy atom. The highest BCUT2D eigenvalue weighted by Crippen LogP contribution is 2.64. The van der Waals surface area contributed by atoms with Gasteiger partial charge in [-0.1, -0.05) is 30.3 Å². The van der Waals surface area contributed by atoms with Crippen LogP contribution in [0.5, 0.6) is 5.75 Å². The Labute approximate surface area is 196 Å². The van der Waals surface area contributed by atoms with Crippen molar-refractivity contribution in [3.8, 4) is 28.3 Å². The number of rotatable bonds is 7. The number of ether oxygens (including phenoxy) is 1. The molecule has 3 aliphatic carbocycles. The molecule has 0 aliphatic heterocycles. The van der Waals surface area contributed by atoms with E-state index in [1.807, 2.05) is 48.7 Å². The number of aromatic nitrogens is 4. The highest BCUT2D eigenvalue weighted by Gasteiger charge is 2.61. The monoisotopic (exact) mass is 455 g/mol. The van der Waals surface area contributed by atoms with Crippen LogP contribution in [0, 0.1) is 11.3 Å². The second-order valence-corrected chi connectivity index (χ2v) is 9.25. The molecule has 0 unspecified atom stereocenters. The Balaban J connectivity index is 1.48. The first-order valence-corrected chi connectivity index (χ1v) is 11.5. The molecule has 172 valence electrons. The van der Waals surface area contributed by atoms with Gasteiger partial charge in [0, 0.05) is 28.8 Å². The summed E-state index contributed by atoms with van der Waals surface area (Å²) in [5, 5.41) is 18.1. The summed E-state index contributed by atoms with van der Waals surface area (Å²) < 4.78 is 7.31. The Morgan fingerprint density at radius 1 is 1.18 bits per heavy atom. The highest BCUT2D eigenvalue weighted by atomic mass is 16.5. The SMILES string of the molecule is COc1cc2ncnc(-c3cn(CCO)nc3-c3ccccc3)c2cc1NC(=O)C12CC(C1)C2. The first-order valence-electron chi connectivity index (χ1n) is 11.5. The Kier molecular flexibility index (Phi) is 4.84. The van der Waals surface area contributed by atoms with Gasteiger partial charge in [0.2, 0.25) is 5.91 Å². The summed E-state index contributed by atoms with van der Waals surface area (Å²) in [6.45, 7) is 0.358. The smallest absolute Gasteiger partial charge is 0.230 e. The first kappa shape index (κ1) is 20.8. The fourth-order valence-corrected chi connectivity index (χ4v) is 5.20. The van der Waals surface area contributed by atoms with Gasteiger partial charge in [-0.15, -0.1) is 0 Å². The third kappa shape index (κ3) is 3.25. The summed E-state index contributed by atoms with van der Waals surface area (Å²) in [4.78, 5) is 22.1. The summed E-state index contributed by atoms with van der Waals surface area (Å²) in [6.07, 6.45) is 6.36. The van der Waals surface area contributed by atoms with Crippen molar-refractivity contribution in [1.82, 2.24) is 19.7 Å². The number of anilines is 1. The molecule has 8 nitrogen and oxygen atoms in total. The molecule has 3 saturated carbocycles. The zero-order valence-electron chi connectivity index (χ0n) is 18.9. The third-order valence-electron chi connectivity index (χ3n) is 7.12. The molecule has 4 aromatic rings. The Morgan fingerprint density at radius 2 is 1.97 bits per heavy atom. The van der Waals surface area contributed by atoms with Gasteiger partial charge in [0.15, 0.2) is 0 Å². The zero-order valence-corrected chi connectivity index (χ0v) is 18.9. The summed E-state index contributed by atoms with van der Waals surface area (Å²) in [6, 6.07) is 13.6. The number of carbonyl (C=O) groups excluding carboxylic acids is 1. The van der Waals surface area contributed by atoms with Crippen LogP contribution >= 0.6 is 0 Å². The number of methoxy groups -OCH3 is 1. The average molecular weight is 456 g/mol. The van der Waals surface area contributed by atoms with Crippen molar-refractivity contribution in [1.29, 1.82) is 0 Å². The summed E-state index contributed by atoms with van der Waals surface area (Å²) in [5.74, 6) is 1.35. The third-order valence-corrected chi connectivity index (χ3v) is 7.12. The molecule has 2 aromatic carbocycles. The molecule has 0 atom stereocenters. The fourth-order valence-electron chi connectivity index (χ4n) is 5.20. The number of nitrogens with zero attached hydrogens (tertiary/aromatic N) is 4. The maximum Gasteiger partial charge on any atom is 0.230 e. The quantitative estimate of drug-likeness (QED) is 0.438. The van der Waals surface area contributed by atoms with Crippen LogP contribution in [0.1, 0.15) is 19.3 Å². The topological polar surface area (TPSA) is 102 Å². The molecule has 0 radical (unpaired) electrons. The van der Waals surface area contributed by atoms with Gasteiger partial charge in [0.05, 0.1) is 42.6 Å². The van der Waals surface area contributed by atoms with Crippen LogP contribution in [0.15, 0.2) is 55.0 Å². The highest BCUT2D eigenvalue weighted by molar-refractivity contribution is 6.03. The van der Waals surface area contributed by atoms with Crippen LogP contribution in [0.2, 0.25) is 0 Å². The molecule has 8 heteroatoms. The Hall–Kier alpha value is -3.78. The van der Waals surface area contributed by atoms with Crippen molar-refractivity contribution in [2.24, 2.45) is 11.3 Å². The molecule has 3 fully saturated rings.